The van der Waals surface area contributed by atoms with Crippen LogP contribution in [0.15, 0.2) is 12.1 Å². The van der Waals surface area contributed by atoms with E-state index in [0.29, 0.717) is 12.1 Å². The van der Waals surface area contributed by atoms with Gasteiger partial charge in [0.1, 0.15) is 0 Å². The van der Waals surface area contributed by atoms with Gasteiger partial charge in [-0.2, -0.15) is 0 Å². The van der Waals surface area contributed by atoms with Crippen LogP contribution in [0.2, 0.25) is 10.0 Å². The molecule has 1 aromatic carbocycles. The molecule has 1 aromatic rings. The van der Waals surface area contributed by atoms with Crippen molar-refractivity contribution in [2.45, 2.75) is 6.36 Å². The Hall–Kier alpha value is -1.21. The molecule has 4 nitrogen and oxygen atoms in total. The van der Waals surface area contributed by atoms with Gasteiger partial charge in [0, 0.05) is 12.1 Å². The number of alkyl halides is 3. The lowest BCUT2D eigenvalue weighted by Crippen LogP contribution is -2.18. The molecule has 0 spiro atoms. The molecular weight excluding hydrogens is 274 g/mol. The van der Waals surface area contributed by atoms with Crippen LogP contribution in [0.5, 0.6) is 5.75 Å². The van der Waals surface area contributed by atoms with Crippen molar-refractivity contribution in [3.05, 3.63) is 32.3 Å². The molecule has 0 heterocycles. The van der Waals surface area contributed by atoms with E-state index in [-0.39, 0.29) is 10.0 Å². The first kappa shape index (κ1) is 12.9. The van der Waals surface area contributed by atoms with Crippen molar-refractivity contribution in [2.75, 3.05) is 0 Å². The first-order chi connectivity index (χ1) is 7.20. The van der Waals surface area contributed by atoms with E-state index in [4.69, 9.17) is 23.2 Å². The van der Waals surface area contributed by atoms with Crippen molar-refractivity contribution in [2.24, 2.45) is 0 Å². The summed E-state index contributed by atoms with van der Waals surface area (Å²) in [7, 11) is 0. The van der Waals surface area contributed by atoms with E-state index in [1.165, 1.54) is 0 Å². The summed E-state index contributed by atoms with van der Waals surface area (Å²) in [5.74, 6) is -1.01. The zero-order valence-corrected chi connectivity index (χ0v) is 8.73. The third kappa shape index (κ3) is 3.14. The Kier molecular flexibility index (Phi) is 3.49. The number of benzene rings is 1. The van der Waals surface area contributed by atoms with Gasteiger partial charge < -0.3 is 4.74 Å². The highest BCUT2D eigenvalue weighted by Crippen LogP contribution is 2.38. The van der Waals surface area contributed by atoms with Crippen LogP contribution in [0.1, 0.15) is 0 Å². The van der Waals surface area contributed by atoms with Crippen molar-refractivity contribution >= 4 is 28.9 Å². The summed E-state index contributed by atoms with van der Waals surface area (Å²) in [4.78, 5) is 9.38. The molecular formula is C7H2Cl2F3NO3. The maximum absolute atomic E-state index is 11.9. The number of nitrogens with zero attached hydrogens (tertiary/aromatic N) is 1. The lowest BCUT2D eigenvalue weighted by atomic mass is 10.3. The van der Waals surface area contributed by atoms with Crippen LogP contribution in [0.25, 0.3) is 0 Å². The SMILES string of the molecule is O=[N+]([O-])c1cc(Cl)c(Cl)cc1OC(F)(F)F. The van der Waals surface area contributed by atoms with E-state index >= 15 is 0 Å². The number of nitro groups is 1. The smallest absolute Gasteiger partial charge is 0.398 e. The predicted octanol–water partition coefficient (Wildman–Crippen LogP) is 3.80. The first-order valence-electron chi connectivity index (χ1n) is 3.60. The van der Waals surface area contributed by atoms with Gasteiger partial charge in [-0.1, -0.05) is 23.2 Å². The third-order valence-electron chi connectivity index (χ3n) is 1.42. The van der Waals surface area contributed by atoms with Gasteiger partial charge in [-0.3, -0.25) is 10.1 Å². The maximum atomic E-state index is 11.9. The van der Waals surface area contributed by atoms with Crippen LogP contribution < -0.4 is 4.74 Å². The van der Waals surface area contributed by atoms with Crippen LogP contribution in [0, 0.1) is 10.1 Å². The molecule has 0 atom stereocenters. The van der Waals surface area contributed by atoms with Crippen molar-refractivity contribution in [3.63, 3.8) is 0 Å². The number of rotatable bonds is 2. The van der Waals surface area contributed by atoms with Gasteiger partial charge in [-0.05, 0) is 0 Å². The Labute approximate surface area is 96.7 Å². The van der Waals surface area contributed by atoms with Crippen molar-refractivity contribution in [3.8, 4) is 5.75 Å². The third-order valence-corrected chi connectivity index (χ3v) is 2.15. The molecule has 0 saturated carbocycles. The fraction of sp³-hybridized carbons (Fsp3) is 0.143. The molecule has 0 unspecified atom stereocenters. The Bertz CT molecular complexity index is 436. The van der Waals surface area contributed by atoms with Crippen molar-refractivity contribution < 1.29 is 22.8 Å². The molecule has 0 N–H and O–H groups in total. The monoisotopic (exact) mass is 275 g/mol. The number of ether oxygens (including phenoxy) is 1. The highest BCUT2D eigenvalue weighted by Gasteiger charge is 2.34. The fourth-order valence-corrected chi connectivity index (χ4v) is 1.18. The van der Waals surface area contributed by atoms with Crippen LogP contribution in [0.3, 0.4) is 0 Å². The fourth-order valence-electron chi connectivity index (χ4n) is 0.867. The Morgan fingerprint density at radius 1 is 1.25 bits per heavy atom. The normalized spacial score (nSPS) is 11.3. The van der Waals surface area contributed by atoms with Gasteiger partial charge >= 0.3 is 12.0 Å². The highest BCUT2D eigenvalue weighted by molar-refractivity contribution is 6.42. The van der Waals surface area contributed by atoms with Crippen LogP contribution in [0.4, 0.5) is 18.9 Å². The molecule has 0 saturated heterocycles. The molecule has 0 aromatic heterocycles. The number of halogens is 5. The first-order valence-corrected chi connectivity index (χ1v) is 4.35. The molecule has 9 heteroatoms. The molecule has 0 bridgehead atoms. The molecule has 1 rings (SSSR count). The van der Waals surface area contributed by atoms with Crippen LogP contribution >= 0.6 is 23.2 Å². The Morgan fingerprint density at radius 2 is 1.75 bits per heavy atom. The molecule has 0 radical (unpaired) electrons. The number of nitro benzene ring substituents is 1. The van der Waals surface area contributed by atoms with Gasteiger partial charge in [0.2, 0.25) is 5.75 Å². The summed E-state index contributed by atoms with van der Waals surface area (Å²) < 4.78 is 39.1. The minimum atomic E-state index is -5.04. The average Bonchev–Trinajstić information content (AvgIpc) is 2.07. The van der Waals surface area contributed by atoms with Gasteiger partial charge in [0.25, 0.3) is 0 Å². The summed E-state index contributed by atoms with van der Waals surface area (Å²) >= 11 is 10.8. The molecule has 0 aliphatic rings. The van der Waals surface area contributed by atoms with E-state index in [1.54, 1.807) is 0 Å². The number of hydrogen-bond acceptors (Lipinski definition) is 3. The second kappa shape index (κ2) is 4.34. The molecule has 16 heavy (non-hydrogen) atoms. The van der Waals surface area contributed by atoms with Gasteiger partial charge in [0.15, 0.2) is 0 Å². The second-order valence-corrected chi connectivity index (χ2v) is 3.35. The standard InChI is InChI=1S/C7H2Cl2F3NO3/c8-3-1-5(13(14)15)6(2-4(3)9)16-7(10,11)12/h1-2H. The quantitative estimate of drug-likeness (QED) is 0.609. The summed E-state index contributed by atoms with van der Waals surface area (Å²) in [5.41, 5.74) is -0.910. The topological polar surface area (TPSA) is 52.4 Å². The zero-order valence-electron chi connectivity index (χ0n) is 7.22. The molecule has 88 valence electrons. The highest BCUT2D eigenvalue weighted by atomic mass is 35.5. The molecule has 0 aliphatic carbocycles. The molecule has 0 fully saturated rings. The summed E-state index contributed by atoms with van der Waals surface area (Å²) in [6.07, 6.45) is -5.04. The Balaban J connectivity index is 3.25. The van der Waals surface area contributed by atoms with Crippen LogP contribution in [-0.4, -0.2) is 11.3 Å². The van der Waals surface area contributed by atoms with Crippen LogP contribution in [-0.2, 0) is 0 Å². The van der Waals surface area contributed by atoms with E-state index in [9.17, 15) is 23.3 Å². The maximum Gasteiger partial charge on any atom is 0.573 e. The average molecular weight is 276 g/mol. The molecule has 0 aliphatic heterocycles. The summed E-state index contributed by atoms with van der Waals surface area (Å²) in [5, 5.41) is 9.92. The van der Waals surface area contributed by atoms with E-state index in [0.717, 1.165) is 0 Å². The van der Waals surface area contributed by atoms with E-state index in [2.05, 4.69) is 4.74 Å². The lowest BCUT2D eigenvalue weighted by molar-refractivity contribution is -0.388. The van der Waals surface area contributed by atoms with E-state index in [1.807, 2.05) is 0 Å². The van der Waals surface area contributed by atoms with Gasteiger partial charge in [0.05, 0.1) is 15.0 Å². The Morgan fingerprint density at radius 3 is 2.19 bits per heavy atom. The number of hydrogen-bond donors (Lipinski definition) is 0. The van der Waals surface area contributed by atoms with Gasteiger partial charge in [-0.25, -0.2) is 0 Å². The molecule has 0 amide bonds. The summed E-state index contributed by atoms with van der Waals surface area (Å²) in [6, 6.07) is 1.32. The van der Waals surface area contributed by atoms with Crippen molar-refractivity contribution in [1.29, 1.82) is 0 Å². The predicted molar refractivity (Wildman–Crippen MR) is 49.8 cm³/mol. The lowest BCUT2D eigenvalue weighted by Gasteiger charge is -2.09. The summed E-state index contributed by atoms with van der Waals surface area (Å²) in [6.45, 7) is 0. The minimum absolute atomic E-state index is 0.233. The van der Waals surface area contributed by atoms with Crippen molar-refractivity contribution in [1.82, 2.24) is 0 Å². The second-order valence-electron chi connectivity index (χ2n) is 2.54. The minimum Gasteiger partial charge on any atom is -0.398 e. The zero-order chi connectivity index (χ0) is 12.5. The largest absolute Gasteiger partial charge is 0.573 e. The van der Waals surface area contributed by atoms with Gasteiger partial charge in [-0.15, -0.1) is 13.2 Å². The van der Waals surface area contributed by atoms with E-state index < -0.39 is 22.7 Å².